The van der Waals surface area contributed by atoms with Crippen molar-refractivity contribution in [1.29, 1.82) is 0 Å². The second-order valence-corrected chi connectivity index (χ2v) is 4.68. The molecule has 0 saturated carbocycles. The lowest BCUT2D eigenvalue weighted by Crippen LogP contribution is -2.10. The van der Waals surface area contributed by atoms with E-state index in [-0.39, 0.29) is 30.8 Å². The second-order valence-electron chi connectivity index (χ2n) is 4.68. The molecule has 0 amide bonds. The molecule has 20 heavy (non-hydrogen) atoms. The first kappa shape index (κ1) is 14.7. The van der Waals surface area contributed by atoms with Crippen molar-refractivity contribution in [3.8, 4) is 5.88 Å². The van der Waals surface area contributed by atoms with E-state index >= 15 is 0 Å². The highest BCUT2D eigenvalue weighted by atomic mass is 16.6. The number of rotatable bonds is 6. The number of aliphatic hydroxyl groups is 1. The molecule has 1 aliphatic heterocycles. The maximum Gasteiger partial charge on any atom is 0.350 e. The summed E-state index contributed by atoms with van der Waals surface area (Å²) in [5.41, 5.74) is -0.131. The van der Waals surface area contributed by atoms with Gasteiger partial charge in [-0.1, -0.05) is 0 Å². The Morgan fingerprint density at radius 2 is 2.40 bits per heavy atom. The van der Waals surface area contributed by atoms with Gasteiger partial charge >= 0.3 is 11.6 Å². The highest BCUT2D eigenvalue weighted by Gasteiger charge is 2.25. The van der Waals surface area contributed by atoms with Crippen molar-refractivity contribution in [2.75, 3.05) is 26.4 Å². The highest BCUT2D eigenvalue weighted by Crippen LogP contribution is 2.29. The first-order valence-corrected chi connectivity index (χ1v) is 6.77. The van der Waals surface area contributed by atoms with E-state index in [2.05, 4.69) is 5.10 Å². The molecule has 1 N–H and O–H groups in total. The maximum atomic E-state index is 11.0. The van der Waals surface area contributed by atoms with Crippen LogP contribution in [0.25, 0.3) is 0 Å². The fourth-order valence-electron chi connectivity index (χ4n) is 2.17. The molecule has 2 rings (SSSR count). The van der Waals surface area contributed by atoms with Gasteiger partial charge in [-0.25, -0.2) is 0 Å². The van der Waals surface area contributed by atoms with Crippen LogP contribution in [0.3, 0.4) is 0 Å². The van der Waals surface area contributed by atoms with Crippen molar-refractivity contribution < 1.29 is 19.5 Å². The zero-order valence-corrected chi connectivity index (χ0v) is 11.2. The molecule has 8 nitrogen and oxygen atoms in total. The molecule has 1 atom stereocenters. The number of aromatic nitrogens is 2. The van der Waals surface area contributed by atoms with Gasteiger partial charge < -0.3 is 14.6 Å². The minimum Gasteiger partial charge on any atom is -0.472 e. The van der Waals surface area contributed by atoms with E-state index in [0.717, 1.165) is 25.9 Å². The number of hydrogen-bond donors (Lipinski definition) is 1. The predicted molar refractivity (Wildman–Crippen MR) is 69.8 cm³/mol. The topological polar surface area (TPSA) is 99.7 Å². The van der Waals surface area contributed by atoms with Crippen LogP contribution in [-0.4, -0.2) is 46.2 Å². The van der Waals surface area contributed by atoms with Gasteiger partial charge in [0.25, 0.3) is 0 Å². The summed E-state index contributed by atoms with van der Waals surface area (Å²) in [5, 5.41) is 23.9. The molecule has 112 valence electrons. The average Bonchev–Trinajstić information content (AvgIpc) is 2.67. The van der Waals surface area contributed by atoms with Gasteiger partial charge in [0, 0.05) is 26.2 Å². The standard InChI is InChI=1S/C12H19N3O5/c16-5-2-7-20-12-11(15(17)18)9-14(13-12)10-3-1-6-19-8-4-10/h9-10,16H,1-8H2. The number of nitrogens with zero attached hydrogens (tertiary/aromatic N) is 3. The van der Waals surface area contributed by atoms with Gasteiger partial charge in [0.05, 0.1) is 17.6 Å². The average molecular weight is 285 g/mol. The smallest absolute Gasteiger partial charge is 0.350 e. The Morgan fingerprint density at radius 3 is 3.15 bits per heavy atom. The van der Waals surface area contributed by atoms with E-state index in [1.807, 2.05) is 0 Å². The molecule has 0 aliphatic carbocycles. The van der Waals surface area contributed by atoms with Gasteiger partial charge in [-0.2, -0.15) is 0 Å². The van der Waals surface area contributed by atoms with Crippen LogP contribution in [0.4, 0.5) is 5.69 Å². The Balaban J connectivity index is 2.12. The molecule has 0 spiro atoms. The molecule has 1 aliphatic rings. The van der Waals surface area contributed by atoms with Gasteiger partial charge in [-0.3, -0.25) is 14.8 Å². The summed E-state index contributed by atoms with van der Waals surface area (Å²) >= 11 is 0. The fourth-order valence-corrected chi connectivity index (χ4v) is 2.17. The summed E-state index contributed by atoms with van der Waals surface area (Å²) in [5.74, 6) is 0.0219. The number of ether oxygens (including phenoxy) is 2. The van der Waals surface area contributed by atoms with E-state index in [1.54, 1.807) is 4.68 Å². The SMILES string of the molecule is O=[N+]([O-])c1cn(C2CCCOCC2)nc1OCCCO. The lowest BCUT2D eigenvalue weighted by atomic mass is 10.1. The molecule has 1 aromatic rings. The fraction of sp³-hybridized carbons (Fsp3) is 0.750. The summed E-state index contributed by atoms with van der Waals surface area (Å²) in [4.78, 5) is 10.5. The van der Waals surface area contributed by atoms with Crippen molar-refractivity contribution in [1.82, 2.24) is 9.78 Å². The van der Waals surface area contributed by atoms with Crippen LogP contribution in [0.5, 0.6) is 5.88 Å². The maximum absolute atomic E-state index is 11.0. The quantitative estimate of drug-likeness (QED) is 0.480. The minimum absolute atomic E-state index is 0.0194. The van der Waals surface area contributed by atoms with Crippen molar-refractivity contribution in [2.45, 2.75) is 31.7 Å². The molecule has 0 radical (unpaired) electrons. The van der Waals surface area contributed by atoms with E-state index < -0.39 is 4.92 Å². The summed E-state index contributed by atoms with van der Waals surface area (Å²) in [6, 6.07) is 0.103. The molecular formula is C12H19N3O5. The molecule has 0 aromatic carbocycles. The number of hydrogen-bond acceptors (Lipinski definition) is 6. The van der Waals surface area contributed by atoms with Gasteiger partial charge in [-0.05, 0) is 19.3 Å². The Kier molecular flexibility index (Phi) is 5.31. The number of nitro groups is 1. The van der Waals surface area contributed by atoms with E-state index in [0.29, 0.717) is 13.0 Å². The van der Waals surface area contributed by atoms with Crippen LogP contribution in [0, 0.1) is 10.1 Å². The number of aliphatic hydroxyl groups excluding tert-OH is 1. The van der Waals surface area contributed by atoms with Gasteiger partial charge in [0.2, 0.25) is 0 Å². The third kappa shape index (κ3) is 3.67. The van der Waals surface area contributed by atoms with E-state index in [1.165, 1.54) is 6.20 Å². The molecule has 8 heteroatoms. The summed E-state index contributed by atoms with van der Waals surface area (Å²) in [6.07, 6.45) is 4.43. The van der Waals surface area contributed by atoms with Crippen LogP contribution >= 0.6 is 0 Å². The van der Waals surface area contributed by atoms with Crippen LogP contribution in [0.1, 0.15) is 31.7 Å². The largest absolute Gasteiger partial charge is 0.472 e. The molecular weight excluding hydrogens is 266 g/mol. The third-order valence-electron chi connectivity index (χ3n) is 3.21. The Hall–Kier alpha value is -1.67. The zero-order valence-electron chi connectivity index (χ0n) is 11.2. The highest BCUT2D eigenvalue weighted by molar-refractivity contribution is 5.38. The first-order valence-electron chi connectivity index (χ1n) is 6.77. The Morgan fingerprint density at radius 1 is 1.55 bits per heavy atom. The van der Waals surface area contributed by atoms with Crippen molar-refractivity contribution in [3.05, 3.63) is 16.3 Å². The van der Waals surface area contributed by atoms with Crippen molar-refractivity contribution in [2.24, 2.45) is 0 Å². The molecule has 1 aromatic heterocycles. The third-order valence-corrected chi connectivity index (χ3v) is 3.21. The minimum atomic E-state index is -0.495. The predicted octanol–water partition coefficient (Wildman–Crippen LogP) is 1.29. The lowest BCUT2D eigenvalue weighted by molar-refractivity contribution is -0.386. The van der Waals surface area contributed by atoms with Gasteiger partial charge in [-0.15, -0.1) is 5.10 Å². The monoisotopic (exact) mass is 285 g/mol. The molecule has 1 fully saturated rings. The molecule has 1 unspecified atom stereocenters. The first-order chi connectivity index (χ1) is 9.72. The van der Waals surface area contributed by atoms with E-state index in [9.17, 15) is 10.1 Å². The lowest BCUT2D eigenvalue weighted by Gasteiger charge is -2.12. The van der Waals surface area contributed by atoms with Crippen molar-refractivity contribution >= 4 is 5.69 Å². The Bertz CT molecular complexity index is 440. The van der Waals surface area contributed by atoms with Crippen molar-refractivity contribution in [3.63, 3.8) is 0 Å². The molecule has 1 saturated heterocycles. The van der Waals surface area contributed by atoms with Crippen LogP contribution in [0.2, 0.25) is 0 Å². The van der Waals surface area contributed by atoms with Crippen LogP contribution in [-0.2, 0) is 4.74 Å². The summed E-state index contributed by atoms with van der Waals surface area (Å²) < 4.78 is 12.3. The molecule has 2 heterocycles. The van der Waals surface area contributed by atoms with Gasteiger partial charge in [0.1, 0.15) is 6.20 Å². The summed E-state index contributed by atoms with van der Waals surface area (Å²) in [7, 11) is 0. The van der Waals surface area contributed by atoms with Crippen LogP contribution in [0.15, 0.2) is 6.20 Å². The zero-order chi connectivity index (χ0) is 14.4. The molecule has 0 bridgehead atoms. The van der Waals surface area contributed by atoms with Crippen LogP contribution < -0.4 is 4.74 Å². The second kappa shape index (κ2) is 7.20. The van der Waals surface area contributed by atoms with E-state index in [4.69, 9.17) is 14.6 Å². The summed E-state index contributed by atoms with van der Waals surface area (Å²) in [6.45, 7) is 1.55. The van der Waals surface area contributed by atoms with Gasteiger partial charge in [0.15, 0.2) is 0 Å². The normalized spacial score (nSPS) is 19.6. The Labute approximate surface area is 116 Å².